The zero-order valence-corrected chi connectivity index (χ0v) is 11.2. The Morgan fingerprint density at radius 2 is 2.21 bits per heavy atom. The summed E-state index contributed by atoms with van der Waals surface area (Å²) in [6.07, 6.45) is 2.84. The van der Waals surface area contributed by atoms with Crippen molar-refractivity contribution in [3.05, 3.63) is 30.1 Å². The fourth-order valence-electron chi connectivity index (χ4n) is 2.40. The van der Waals surface area contributed by atoms with Gasteiger partial charge in [0.2, 0.25) is 0 Å². The van der Waals surface area contributed by atoms with Gasteiger partial charge in [-0.15, -0.1) is 0 Å². The van der Waals surface area contributed by atoms with Gasteiger partial charge < -0.3 is 9.88 Å². The number of carbonyl (C=O) groups is 1. The first-order valence-electron chi connectivity index (χ1n) is 6.97. The number of hydrogen-bond acceptors (Lipinski definition) is 3. The van der Waals surface area contributed by atoms with E-state index in [1.54, 1.807) is 0 Å². The average molecular weight is 257 g/mol. The van der Waals surface area contributed by atoms with E-state index in [9.17, 15) is 4.79 Å². The van der Waals surface area contributed by atoms with Crippen molar-refractivity contribution in [1.82, 2.24) is 14.9 Å². The zero-order chi connectivity index (χ0) is 13.2. The number of para-hydroxylation sites is 2. The summed E-state index contributed by atoms with van der Waals surface area (Å²) in [6, 6.07) is 8.63. The minimum absolute atomic E-state index is 0.219. The molecule has 0 aliphatic heterocycles. The van der Waals surface area contributed by atoms with E-state index in [0.29, 0.717) is 19.0 Å². The number of ketones is 1. The fourth-order valence-corrected chi connectivity index (χ4v) is 2.40. The van der Waals surface area contributed by atoms with Crippen molar-refractivity contribution in [2.24, 2.45) is 0 Å². The number of carbonyl (C=O) groups excluding carboxylic acids is 1. The molecule has 0 radical (unpaired) electrons. The first kappa shape index (κ1) is 12.4. The number of Topliss-reactive ketones (excluding diaryl/α,β-unsaturated/α-hetero) is 1. The third-order valence-corrected chi connectivity index (χ3v) is 3.57. The highest BCUT2D eigenvalue weighted by Gasteiger charge is 2.21. The van der Waals surface area contributed by atoms with Crippen LogP contribution in [0.5, 0.6) is 0 Å². The Kier molecular flexibility index (Phi) is 3.34. The van der Waals surface area contributed by atoms with Gasteiger partial charge in [0.25, 0.3) is 0 Å². The SMILES string of the molecule is CCn1c(CC(=O)CNC2CC2)nc2ccccc21. The Labute approximate surface area is 112 Å². The highest BCUT2D eigenvalue weighted by molar-refractivity contribution is 5.84. The average Bonchev–Trinajstić information content (AvgIpc) is 3.17. The van der Waals surface area contributed by atoms with Gasteiger partial charge in [-0.3, -0.25) is 4.79 Å². The highest BCUT2D eigenvalue weighted by Crippen LogP contribution is 2.19. The lowest BCUT2D eigenvalue weighted by Gasteiger charge is -2.06. The molecule has 0 saturated heterocycles. The van der Waals surface area contributed by atoms with Crippen LogP contribution in [0, 0.1) is 0 Å². The number of fused-ring (bicyclic) bond motifs is 1. The smallest absolute Gasteiger partial charge is 0.154 e. The monoisotopic (exact) mass is 257 g/mol. The van der Waals surface area contributed by atoms with Crippen molar-refractivity contribution >= 4 is 16.8 Å². The van der Waals surface area contributed by atoms with E-state index in [2.05, 4.69) is 27.9 Å². The Hall–Kier alpha value is -1.68. The van der Waals surface area contributed by atoms with Gasteiger partial charge in [0, 0.05) is 12.6 Å². The van der Waals surface area contributed by atoms with Crippen molar-refractivity contribution in [2.75, 3.05) is 6.54 Å². The Balaban J connectivity index is 1.77. The molecule has 1 fully saturated rings. The van der Waals surface area contributed by atoms with E-state index in [1.807, 2.05) is 18.2 Å². The van der Waals surface area contributed by atoms with Crippen LogP contribution in [0.4, 0.5) is 0 Å². The largest absolute Gasteiger partial charge is 0.328 e. The minimum atomic E-state index is 0.219. The van der Waals surface area contributed by atoms with Gasteiger partial charge in [0.05, 0.1) is 24.0 Å². The number of aryl methyl sites for hydroxylation is 1. The second kappa shape index (κ2) is 5.13. The molecule has 0 atom stereocenters. The van der Waals surface area contributed by atoms with Gasteiger partial charge in [-0.1, -0.05) is 12.1 Å². The summed E-state index contributed by atoms with van der Waals surface area (Å²) in [7, 11) is 0. The predicted octanol–water partition coefficient (Wildman–Crippen LogP) is 1.92. The molecule has 0 unspecified atom stereocenters. The number of imidazole rings is 1. The van der Waals surface area contributed by atoms with Crippen LogP contribution < -0.4 is 5.32 Å². The maximum absolute atomic E-state index is 12.0. The Bertz CT molecular complexity index is 598. The van der Waals surface area contributed by atoms with Crippen LogP contribution >= 0.6 is 0 Å². The van der Waals surface area contributed by atoms with Crippen molar-refractivity contribution in [1.29, 1.82) is 0 Å². The molecule has 1 aromatic heterocycles. The summed E-state index contributed by atoms with van der Waals surface area (Å²) in [6.45, 7) is 3.40. The standard InChI is InChI=1S/C15H19N3O/c1-2-18-14-6-4-3-5-13(14)17-15(18)9-12(19)10-16-11-7-8-11/h3-6,11,16H,2,7-10H2,1H3. The molecule has 0 bridgehead atoms. The van der Waals surface area contributed by atoms with Crippen LogP contribution in [-0.2, 0) is 17.8 Å². The second-order valence-corrected chi connectivity index (χ2v) is 5.13. The van der Waals surface area contributed by atoms with Gasteiger partial charge in [-0.25, -0.2) is 4.98 Å². The molecule has 2 aromatic rings. The van der Waals surface area contributed by atoms with Gasteiger partial charge in [0.1, 0.15) is 5.82 Å². The summed E-state index contributed by atoms with van der Waals surface area (Å²) in [4.78, 5) is 16.6. The number of benzene rings is 1. The number of hydrogen-bond donors (Lipinski definition) is 1. The summed E-state index contributed by atoms with van der Waals surface area (Å²) in [5, 5.41) is 3.26. The summed E-state index contributed by atoms with van der Waals surface area (Å²) >= 11 is 0. The molecule has 1 aromatic carbocycles. The topological polar surface area (TPSA) is 46.9 Å². The summed E-state index contributed by atoms with van der Waals surface area (Å²) in [5.74, 6) is 1.10. The van der Waals surface area contributed by atoms with Crippen LogP contribution in [0.3, 0.4) is 0 Å². The second-order valence-electron chi connectivity index (χ2n) is 5.13. The van der Waals surface area contributed by atoms with Crippen LogP contribution in [-0.4, -0.2) is 27.9 Å². The van der Waals surface area contributed by atoms with Crippen LogP contribution in [0.25, 0.3) is 11.0 Å². The predicted molar refractivity (Wildman–Crippen MR) is 75.1 cm³/mol. The van der Waals surface area contributed by atoms with Gasteiger partial charge >= 0.3 is 0 Å². The number of rotatable bonds is 6. The molecule has 3 rings (SSSR count). The molecular formula is C15H19N3O. The van der Waals surface area contributed by atoms with E-state index in [1.165, 1.54) is 12.8 Å². The molecule has 1 aliphatic rings. The van der Waals surface area contributed by atoms with E-state index >= 15 is 0 Å². The third kappa shape index (κ3) is 2.68. The summed E-state index contributed by atoms with van der Waals surface area (Å²) in [5.41, 5.74) is 2.09. The van der Waals surface area contributed by atoms with Crippen LogP contribution in [0.2, 0.25) is 0 Å². The van der Waals surface area contributed by atoms with Gasteiger partial charge in [-0.05, 0) is 31.9 Å². The third-order valence-electron chi connectivity index (χ3n) is 3.57. The molecule has 1 N–H and O–H groups in total. The maximum atomic E-state index is 12.0. The molecule has 19 heavy (non-hydrogen) atoms. The lowest BCUT2D eigenvalue weighted by Crippen LogP contribution is -2.26. The maximum Gasteiger partial charge on any atom is 0.154 e. The zero-order valence-electron chi connectivity index (χ0n) is 11.2. The normalized spacial score (nSPS) is 15.0. The first-order valence-corrected chi connectivity index (χ1v) is 6.97. The van der Waals surface area contributed by atoms with E-state index in [0.717, 1.165) is 23.4 Å². The molecule has 0 amide bonds. The van der Waals surface area contributed by atoms with E-state index in [-0.39, 0.29) is 5.78 Å². The lowest BCUT2D eigenvalue weighted by molar-refractivity contribution is -0.117. The minimum Gasteiger partial charge on any atom is -0.328 e. The summed E-state index contributed by atoms with van der Waals surface area (Å²) < 4.78 is 2.13. The van der Waals surface area contributed by atoms with E-state index in [4.69, 9.17) is 0 Å². The van der Waals surface area contributed by atoms with Gasteiger partial charge in [0.15, 0.2) is 5.78 Å². The highest BCUT2D eigenvalue weighted by atomic mass is 16.1. The molecule has 1 aliphatic carbocycles. The van der Waals surface area contributed by atoms with Gasteiger partial charge in [-0.2, -0.15) is 0 Å². The first-order chi connectivity index (χ1) is 9.28. The quantitative estimate of drug-likeness (QED) is 0.860. The molecule has 4 heteroatoms. The lowest BCUT2D eigenvalue weighted by atomic mass is 10.2. The van der Waals surface area contributed by atoms with Crippen molar-refractivity contribution in [3.8, 4) is 0 Å². The Morgan fingerprint density at radius 3 is 2.95 bits per heavy atom. The molecule has 100 valence electrons. The van der Waals surface area contributed by atoms with Crippen molar-refractivity contribution < 1.29 is 4.79 Å². The molecule has 4 nitrogen and oxygen atoms in total. The number of nitrogens with one attached hydrogen (secondary N) is 1. The fraction of sp³-hybridized carbons (Fsp3) is 0.467. The Morgan fingerprint density at radius 1 is 1.42 bits per heavy atom. The molecular weight excluding hydrogens is 238 g/mol. The van der Waals surface area contributed by atoms with E-state index < -0.39 is 0 Å². The molecule has 0 spiro atoms. The van der Waals surface area contributed by atoms with Crippen molar-refractivity contribution in [3.63, 3.8) is 0 Å². The molecule has 1 heterocycles. The van der Waals surface area contributed by atoms with Crippen molar-refractivity contribution in [2.45, 2.75) is 38.8 Å². The number of nitrogens with zero attached hydrogens (tertiary/aromatic N) is 2. The molecule has 1 saturated carbocycles. The van der Waals surface area contributed by atoms with Crippen LogP contribution in [0.15, 0.2) is 24.3 Å². The number of aromatic nitrogens is 2. The van der Waals surface area contributed by atoms with Crippen LogP contribution in [0.1, 0.15) is 25.6 Å².